The lowest BCUT2D eigenvalue weighted by Gasteiger charge is -2.26. The SMILES string of the molecule is CCC(CSC)N(C)S(=O)(=O)c1ccc(C)c(CNC)c1. The van der Waals surface area contributed by atoms with Crippen LogP contribution >= 0.6 is 11.8 Å². The normalized spacial score (nSPS) is 13.6. The van der Waals surface area contributed by atoms with E-state index in [0.717, 1.165) is 23.3 Å². The molecule has 21 heavy (non-hydrogen) atoms. The van der Waals surface area contributed by atoms with Crippen LogP contribution in [0.2, 0.25) is 0 Å². The van der Waals surface area contributed by atoms with Crippen molar-refractivity contribution in [2.24, 2.45) is 0 Å². The van der Waals surface area contributed by atoms with Crippen LogP contribution in [0.1, 0.15) is 24.5 Å². The summed E-state index contributed by atoms with van der Waals surface area (Å²) in [7, 11) is 0.0995. The van der Waals surface area contributed by atoms with Gasteiger partial charge in [0.25, 0.3) is 0 Å². The molecule has 6 heteroatoms. The van der Waals surface area contributed by atoms with Gasteiger partial charge in [0.1, 0.15) is 0 Å². The van der Waals surface area contributed by atoms with E-state index in [2.05, 4.69) is 5.32 Å². The van der Waals surface area contributed by atoms with E-state index in [1.165, 1.54) is 4.31 Å². The molecule has 1 N–H and O–H groups in total. The third kappa shape index (κ3) is 4.45. The number of sulfonamides is 1. The van der Waals surface area contributed by atoms with E-state index in [9.17, 15) is 8.42 Å². The number of nitrogens with zero attached hydrogens (tertiary/aromatic N) is 1. The number of nitrogens with one attached hydrogen (secondary N) is 1. The number of benzene rings is 1. The first-order chi connectivity index (χ1) is 9.88. The van der Waals surface area contributed by atoms with Gasteiger partial charge in [-0.15, -0.1) is 0 Å². The maximum absolute atomic E-state index is 12.8. The Morgan fingerprint density at radius 2 is 2.05 bits per heavy atom. The van der Waals surface area contributed by atoms with Crippen LogP contribution in [0.5, 0.6) is 0 Å². The topological polar surface area (TPSA) is 49.4 Å². The van der Waals surface area contributed by atoms with E-state index in [4.69, 9.17) is 0 Å². The summed E-state index contributed by atoms with van der Waals surface area (Å²) >= 11 is 1.67. The molecule has 0 radical (unpaired) electrons. The number of thioether (sulfide) groups is 1. The number of hydrogen-bond acceptors (Lipinski definition) is 4. The highest BCUT2D eigenvalue weighted by Gasteiger charge is 2.27. The molecule has 0 bridgehead atoms. The van der Waals surface area contributed by atoms with Gasteiger partial charge in [-0.3, -0.25) is 0 Å². The van der Waals surface area contributed by atoms with Crippen molar-refractivity contribution in [3.8, 4) is 0 Å². The predicted molar refractivity (Wildman–Crippen MR) is 91.4 cm³/mol. The van der Waals surface area contributed by atoms with Crippen LogP contribution in [0.3, 0.4) is 0 Å². The van der Waals surface area contributed by atoms with Gasteiger partial charge in [-0.05, 0) is 49.9 Å². The van der Waals surface area contributed by atoms with E-state index in [1.807, 2.05) is 33.2 Å². The summed E-state index contributed by atoms with van der Waals surface area (Å²) in [6.07, 6.45) is 2.81. The Hall–Kier alpha value is -0.560. The van der Waals surface area contributed by atoms with E-state index in [1.54, 1.807) is 30.9 Å². The van der Waals surface area contributed by atoms with Crippen LogP contribution in [0.25, 0.3) is 0 Å². The van der Waals surface area contributed by atoms with Crippen LogP contribution in [0, 0.1) is 6.92 Å². The van der Waals surface area contributed by atoms with Crippen LogP contribution in [0.4, 0.5) is 0 Å². The first-order valence-electron chi connectivity index (χ1n) is 7.09. The maximum atomic E-state index is 12.8. The van der Waals surface area contributed by atoms with E-state index in [0.29, 0.717) is 11.4 Å². The third-order valence-electron chi connectivity index (χ3n) is 3.71. The van der Waals surface area contributed by atoms with Crippen LogP contribution in [-0.2, 0) is 16.6 Å². The first-order valence-corrected chi connectivity index (χ1v) is 9.93. The first kappa shape index (κ1) is 18.5. The summed E-state index contributed by atoms with van der Waals surface area (Å²) in [6, 6.07) is 5.39. The Morgan fingerprint density at radius 1 is 1.38 bits per heavy atom. The van der Waals surface area contributed by atoms with Crippen molar-refractivity contribution >= 4 is 21.8 Å². The maximum Gasteiger partial charge on any atom is 0.243 e. The molecule has 0 spiro atoms. The summed E-state index contributed by atoms with van der Waals surface area (Å²) in [5.74, 6) is 0.807. The molecule has 0 aromatic heterocycles. The molecule has 1 atom stereocenters. The smallest absolute Gasteiger partial charge is 0.243 e. The lowest BCUT2D eigenvalue weighted by molar-refractivity contribution is 0.385. The highest BCUT2D eigenvalue weighted by Crippen LogP contribution is 2.22. The third-order valence-corrected chi connectivity index (χ3v) is 6.33. The molecular weight excluding hydrogens is 304 g/mol. The van der Waals surface area contributed by atoms with Gasteiger partial charge >= 0.3 is 0 Å². The monoisotopic (exact) mass is 330 g/mol. The van der Waals surface area contributed by atoms with Crippen molar-refractivity contribution in [3.63, 3.8) is 0 Å². The van der Waals surface area contributed by atoms with E-state index < -0.39 is 10.0 Å². The highest BCUT2D eigenvalue weighted by molar-refractivity contribution is 7.98. The average molecular weight is 331 g/mol. The van der Waals surface area contributed by atoms with Crippen molar-refractivity contribution in [2.45, 2.75) is 37.8 Å². The van der Waals surface area contributed by atoms with Crippen molar-refractivity contribution in [1.29, 1.82) is 0 Å². The summed E-state index contributed by atoms with van der Waals surface area (Å²) in [5, 5.41) is 3.08. The Bertz CT molecular complexity index is 559. The minimum Gasteiger partial charge on any atom is -0.316 e. The number of hydrogen-bond donors (Lipinski definition) is 1. The van der Waals surface area contributed by atoms with Gasteiger partial charge in [0, 0.05) is 25.4 Å². The fourth-order valence-corrected chi connectivity index (χ4v) is 4.64. The molecule has 0 aliphatic heterocycles. The van der Waals surface area contributed by atoms with Gasteiger partial charge in [0.05, 0.1) is 4.90 Å². The fraction of sp³-hybridized carbons (Fsp3) is 0.600. The second kappa shape index (κ2) is 8.17. The van der Waals surface area contributed by atoms with Gasteiger partial charge in [-0.2, -0.15) is 16.1 Å². The number of aryl methyl sites for hydroxylation is 1. The molecule has 1 aromatic carbocycles. The van der Waals surface area contributed by atoms with Crippen LogP contribution < -0.4 is 5.32 Å². The van der Waals surface area contributed by atoms with Gasteiger partial charge in [0.2, 0.25) is 10.0 Å². The van der Waals surface area contributed by atoms with Crippen molar-refractivity contribution in [3.05, 3.63) is 29.3 Å². The van der Waals surface area contributed by atoms with Gasteiger partial charge < -0.3 is 5.32 Å². The molecule has 0 amide bonds. The molecule has 1 unspecified atom stereocenters. The number of rotatable bonds is 8. The summed E-state index contributed by atoms with van der Waals surface area (Å²) in [5.41, 5.74) is 2.12. The quantitative estimate of drug-likeness (QED) is 0.795. The highest BCUT2D eigenvalue weighted by atomic mass is 32.2. The standard InChI is InChI=1S/C15H26N2O2S2/c1-6-14(11-20-5)17(4)21(18,19)15-8-7-12(2)13(9-15)10-16-3/h7-9,14,16H,6,10-11H2,1-5H3. The Balaban J connectivity index is 3.15. The molecule has 0 heterocycles. The molecule has 0 saturated heterocycles. The molecule has 0 aliphatic carbocycles. The molecular formula is C15H26N2O2S2. The summed E-state index contributed by atoms with van der Waals surface area (Å²) in [6.45, 7) is 4.69. The van der Waals surface area contributed by atoms with Crippen molar-refractivity contribution < 1.29 is 8.42 Å². The minimum absolute atomic E-state index is 0.0269. The second-order valence-corrected chi connectivity index (χ2v) is 8.07. The molecule has 120 valence electrons. The minimum atomic E-state index is -3.44. The van der Waals surface area contributed by atoms with E-state index in [-0.39, 0.29) is 6.04 Å². The molecule has 0 fully saturated rings. The largest absolute Gasteiger partial charge is 0.316 e. The fourth-order valence-electron chi connectivity index (χ4n) is 2.22. The zero-order chi connectivity index (χ0) is 16.0. The molecule has 0 saturated carbocycles. The van der Waals surface area contributed by atoms with Gasteiger partial charge in [-0.25, -0.2) is 8.42 Å². The van der Waals surface area contributed by atoms with Crippen molar-refractivity contribution in [2.75, 3.05) is 26.1 Å². The lowest BCUT2D eigenvalue weighted by atomic mass is 10.1. The second-order valence-electron chi connectivity index (χ2n) is 5.16. The zero-order valence-corrected chi connectivity index (χ0v) is 15.1. The molecule has 4 nitrogen and oxygen atoms in total. The Kier molecular flexibility index (Phi) is 7.20. The molecule has 1 aromatic rings. The van der Waals surface area contributed by atoms with Gasteiger partial charge in [-0.1, -0.05) is 13.0 Å². The molecule has 1 rings (SSSR count). The molecule has 0 aliphatic rings. The van der Waals surface area contributed by atoms with Crippen LogP contribution in [-0.4, -0.2) is 44.9 Å². The van der Waals surface area contributed by atoms with E-state index >= 15 is 0 Å². The van der Waals surface area contributed by atoms with Crippen molar-refractivity contribution in [1.82, 2.24) is 9.62 Å². The lowest BCUT2D eigenvalue weighted by Crippen LogP contribution is -2.38. The predicted octanol–water partition coefficient (Wildman–Crippen LogP) is 2.48. The van der Waals surface area contributed by atoms with Gasteiger partial charge in [0.15, 0.2) is 0 Å². The van der Waals surface area contributed by atoms with Crippen LogP contribution in [0.15, 0.2) is 23.1 Å². The Morgan fingerprint density at radius 3 is 2.57 bits per heavy atom. The Labute approximate surface area is 133 Å². The zero-order valence-electron chi connectivity index (χ0n) is 13.5. The average Bonchev–Trinajstić information content (AvgIpc) is 2.46. The summed E-state index contributed by atoms with van der Waals surface area (Å²) in [4.78, 5) is 0.375. The summed E-state index contributed by atoms with van der Waals surface area (Å²) < 4.78 is 27.1.